The quantitative estimate of drug-likeness (QED) is 0.822. The lowest BCUT2D eigenvalue weighted by molar-refractivity contribution is 0.206. The largest absolute Gasteiger partial charge is 0.383 e. The first-order valence-electron chi connectivity index (χ1n) is 8.26. The third-order valence-electron chi connectivity index (χ3n) is 4.43. The van der Waals surface area contributed by atoms with Crippen LogP contribution in [0.25, 0.3) is 0 Å². The lowest BCUT2D eigenvalue weighted by Crippen LogP contribution is -2.32. The third kappa shape index (κ3) is 6.63. The average Bonchev–Trinajstić information content (AvgIpc) is 2.82. The molecule has 1 aliphatic heterocycles. The molecule has 2 heterocycles. The number of nitrogens with zero attached hydrogens (tertiary/aromatic N) is 3. The predicted molar refractivity (Wildman–Crippen MR) is 98.6 cm³/mol. The van der Waals surface area contributed by atoms with Gasteiger partial charge >= 0.3 is 0 Å². The second kappa shape index (κ2) is 10.8. The number of halogens is 1. The molecule has 2 rings (SSSR count). The minimum atomic E-state index is 0. The number of hydrogen-bond acceptors (Lipinski definition) is 5. The summed E-state index contributed by atoms with van der Waals surface area (Å²) in [4.78, 5) is 9.17. The maximum atomic E-state index is 5.11. The Labute approximate surface area is 146 Å². The summed E-state index contributed by atoms with van der Waals surface area (Å²) in [6.07, 6.45) is 5.80. The van der Waals surface area contributed by atoms with Gasteiger partial charge in [-0.2, -0.15) is 0 Å². The summed E-state index contributed by atoms with van der Waals surface area (Å²) in [6, 6.07) is 4.98. The van der Waals surface area contributed by atoms with E-state index in [1.54, 1.807) is 7.11 Å². The van der Waals surface area contributed by atoms with E-state index in [0.717, 1.165) is 38.6 Å². The molecule has 0 spiro atoms. The van der Waals surface area contributed by atoms with Gasteiger partial charge in [-0.1, -0.05) is 6.07 Å². The molecule has 1 saturated heterocycles. The van der Waals surface area contributed by atoms with E-state index >= 15 is 0 Å². The third-order valence-corrected chi connectivity index (χ3v) is 4.43. The van der Waals surface area contributed by atoms with Gasteiger partial charge in [0, 0.05) is 39.5 Å². The number of hydrogen-bond donors (Lipinski definition) is 1. The Balaban J connectivity index is 0.00000264. The summed E-state index contributed by atoms with van der Waals surface area (Å²) in [5.41, 5.74) is 1.28. The van der Waals surface area contributed by atoms with E-state index in [2.05, 4.69) is 39.3 Å². The molecule has 1 fully saturated rings. The summed E-state index contributed by atoms with van der Waals surface area (Å²) in [5, 5.41) is 3.48. The van der Waals surface area contributed by atoms with Crippen LogP contribution in [0.1, 0.15) is 24.8 Å². The fourth-order valence-electron chi connectivity index (χ4n) is 2.94. The number of anilines is 1. The van der Waals surface area contributed by atoms with Crippen molar-refractivity contribution < 1.29 is 4.74 Å². The second-order valence-corrected chi connectivity index (χ2v) is 6.19. The number of nitrogens with one attached hydrogen (secondary N) is 1. The van der Waals surface area contributed by atoms with Crippen molar-refractivity contribution in [3.63, 3.8) is 0 Å². The smallest absolute Gasteiger partial charge is 0.128 e. The molecule has 1 N–H and O–H groups in total. The van der Waals surface area contributed by atoms with Gasteiger partial charge in [-0.15, -0.1) is 12.4 Å². The molecule has 1 unspecified atom stereocenters. The number of rotatable bonds is 7. The Hall–Kier alpha value is -0.880. The van der Waals surface area contributed by atoms with Crippen LogP contribution in [0.4, 0.5) is 5.82 Å². The van der Waals surface area contributed by atoms with E-state index in [0.29, 0.717) is 6.04 Å². The fraction of sp³-hybridized carbons (Fsp3) is 0.706. The Kier molecular flexibility index (Phi) is 9.48. The van der Waals surface area contributed by atoms with Gasteiger partial charge in [-0.3, -0.25) is 4.90 Å². The van der Waals surface area contributed by atoms with E-state index in [-0.39, 0.29) is 12.4 Å². The molecule has 0 aliphatic carbocycles. The van der Waals surface area contributed by atoms with Crippen LogP contribution in [-0.2, 0) is 11.3 Å². The first-order valence-corrected chi connectivity index (χ1v) is 8.26. The van der Waals surface area contributed by atoms with Crippen LogP contribution in [0.2, 0.25) is 0 Å². The molecule has 0 aromatic carbocycles. The van der Waals surface area contributed by atoms with Gasteiger partial charge in [-0.05, 0) is 51.0 Å². The summed E-state index contributed by atoms with van der Waals surface area (Å²) in [7, 11) is 6.00. The van der Waals surface area contributed by atoms with Crippen molar-refractivity contribution in [2.24, 2.45) is 0 Å². The molecule has 1 atom stereocenters. The summed E-state index contributed by atoms with van der Waals surface area (Å²) < 4.78 is 5.11. The lowest BCUT2D eigenvalue weighted by atomic mass is 10.1. The highest BCUT2D eigenvalue weighted by Crippen LogP contribution is 2.16. The van der Waals surface area contributed by atoms with Crippen LogP contribution in [0.3, 0.4) is 0 Å². The normalized spacial score (nSPS) is 18.3. The number of ether oxygens (including phenoxy) is 1. The van der Waals surface area contributed by atoms with E-state index in [1.165, 1.54) is 24.8 Å². The molecule has 0 amide bonds. The van der Waals surface area contributed by atoms with Crippen molar-refractivity contribution in [3.8, 4) is 0 Å². The Morgan fingerprint density at radius 3 is 2.78 bits per heavy atom. The van der Waals surface area contributed by atoms with Gasteiger partial charge < -0.3 is 15.0 Å². The Morgan fingerprint density at radius 2 is 2.09 bits per heavy atom. The Morgan fingerprint density at radius 1 is 1.26 bits per heavy atom. The summed E-state index contributed by atoms with van der Waals surface area (Å²) in [5.74, 6) is 1.00. The van der Waals surface area contributed by atoms with E-state index in [9.17, 15) is 0 Å². The van der Waals surface area contributed by atoms with Crippen molar-refractivity contribution >= 4 is 18.2 Å². The highest BCUT2D eigenvalue weighted by atomic mass is 35.5. The first-order chi connectivity index (χ1) is 10.7. The SMILES string of the molecule is COCCN(C)c1ccc(CN(C)C2CCCNCC2)cn1.Cl. The molecule has 5 nitrogen and oxygen atoms in total. The van der Waals surface area contributed by atoms with Crippen molar-refractivity contribution in [1.82, 2.24) is 15.2 Å². The van der Waals surface area contributed by atoms with Crippen LogP contribution in [0, 0.1) is 0 Å². The predicted octanol–water partition coefficient (Wildman–Crippen LogP) is 2.16. The molecular weight excluding hydrogens is 312 g/mol. The van der Waals surface area contributed by atoms with E-state index in [1.807, 2.05) is 13.2 Å². The van der Waals surface area contributed by atoms with Crippen molar-refractivity contribution in [2.75, 3.05) is 52.3 Å². The first kappa shape index (κ1) is 20.2. The van der Waals surface area contributed by atoms with Crippen LogP contribution in [-0.4, -0.2) is 63.4 Å². The second-order valence-electron chi connectivity index (χ2n) is 6.19. The minimum absolute atomic E-state index is 0. The number of likely N-dealkylation sites (N-methyl/N-ethyl adjacent to an activating group) is 1. The van der Waals surface area contributed by atoms with Crippen LogP contribution >= 0.6 is 12.4 Å². The molecule has 0 saturated carbocycles. The van der Waals surface area contributed by atoms with Crippen LogP contribution in [0.15, 0.2) is 18.3 Å². The highest BCUT2D eigenvalue weighted by Gasteiger charge is 2.16. The zero-order valence-electron chi connectivity index (χ0n) is 14.6. The van der Waals surface area contributed by atoms with Gasteiger partial charge in [-0.25, -0.2) is 4.98 Å². The summed E-state index contributed by atoms with van der Waals surface area (Å²) >= 11 is 0. The van der Waals surface area contributed by atoms with Crippen LogP contribution < -0.4 is 10.2 Å². The van der Waals surface area contributed by atoms with Crippen molar-refractivity contribution in [2.45, 2.75) is 31.8 Å². The molecule has 1 aliphatic rings. The minimum Gasteiger partial charge on any atom is -0.383 e. The highest BCUT2D eigenvalue weighted by molar-refractivity contribution is 5.85. The lowest BCUT2D eigenvalue weighted by Gasteiger charge is -2.27. The molecule has 1 aromatic rings. The van der Waals surface area contributed by atoms with E-state index in [4.69, 9.17) is 4.74 Å². The molecule has 132 valence electrons. The van der Waals surface area contributed by atoms with Crippen LogP contribution in [0.5, 0.6) is 0 Å². The van der Waals surface area contributed by atoms with Gasteiger partial charge in [0.15, 0.2) is 0 Å². The summed E-state index contributed by atoms with van der Waals surface area (Å²) in [6.45, 7) is 4.85. The van der Waals surface area contributed by atoms with Gasteiger partial charge in [0.25, 0.3) is 0 Å². The molecule has 23 heavy (non-hydrogen) atoms. The van der Waals surface area contributed by atoms with Gasteiger partial charge in [0.2, 0.25) is 0 Å². The maximum Gasteiger partial charge on any atom is 0.128 e. The zero-order chi connectivity index (χ0) is 15.8. The monoisotopic (exact) mass is 342 g/mol. The fourth-order valence-corrected chi connectivity index (χ4v) is 2.94. The van der Waals surface area contributed by atoms with Gasteiger partial charge in [0.05, 0.1) is 6.61 Å². The average molecular weight is 343 g/mol. The number of pyridine rings is 1. The molecule has 6 heteroatoms. The van der Waals surface area contributed by atoms with E-state index < -0.39 is 0 Å². The van der Waals surface area contributed by atoms with Crippen molar-refractivity contribution in [1.29, 1.82) is 0 Å². The Bertz CT molecular complexity index is 421. The topological polar surface area (TPSA) is 40.6 Å². The standard InChI is InChI=1S/C17H30N4O.ClH/c1-20(11-12-22-3)17-7-6-15(13-19-17)14-21(2)16-5-4-9-18-10-8-16;/h6-7,13,16,18H,4-5,8-12,14H2,1-3H3;1H. The molecule has 0 bridgehead atoms. The van der Waals surface area contributed by atoms with Gasteiger partial charge in [0.1, 0.15) is 5.82 Å². The number of methoxy groups -OCH3 is 1. The maximum absolute atomic E-state index is 5.11. The molecule has 1 aromatic heterocycles. The molecular formula is C17H31ClN4O. The molecule has 0 radical (unpaired) electrons. The van der Waals surface area contributed by atoms with Crippen molar-refractivity contribution in [3.05, 3.63) is 23.9 Å². The number of aromatic nitrogens is 1. The zero-order valence-corrected chi connectivity index (χ0v) is 15.4.